The van der Waals surface area contributed by atoms with Gasteiger partial charge in [-0.2, -0.15) is 13.2 Å². The number of ether oxygens (including phenoxy) is 2. The molecule has 0 radical (unpaired) electrons. The standard InChI is InChI=1S/C16H20F3NO2/c17-16(18,19)12-9-14-13(21-6-3-7-22-14)8-11(12)15(10-20)4-1-2-5-15/h8-9H,1-7,10,20H2. The van der Waals surface area contributed by atoms with E-state index in [4.69, 9.17) is 15.2 Å². The number of hydrogen-bond donors (Lipinski definition) is 1. The van der Waals surface area contributed by atoms with Crippen LogP contribution >= 0.6 is 0 Å². The van der Waals surface area contributed by atoms with Crippen molar-refractivity contribution in [2.45, 2.75) is 43.7 Å². The smallest absolute Gasteiger partial charge is 0.416 e. The van der Waals surface area contributed by atoms with Crippen molar-refractivity contribution in [1.82, 2.24) is 0 Å². The van der Waals surface area contributed by atoms with Crippen molar-refractivity contribution in [1.29, 1.82) is 0 Å². The fourth-order valence-electron chi connectivity index (χ4n) is 3.52. The van der Waals surface area contributed by atoms with Crippen LogP contribution in [0.5, 0.6) is 11.5 Å². The maximum absolute atomic E-state index is 13.5. The molecule has 0 aromatic heterocycles. The van der Waals surface area contributed by atoms with Crippen molar-refractivity contribution in [3.8, 4) is 11.5 Å². The molecule has 1 fully saturated rings. The lowest BCUT2D eigenvalue weighted by Gasteiger charge is -2.31. The first-order valence-electron chi connectivity index (χ1n) is 7.68. The monoisotopic (exact) mass is 315 g/mol. The number of rotatable bonds is 2. The van der Waals surface area contributed by atoms with Crippen LogP contribution in [0, 0.1) is 0 Å². The van der Waals surface area contributed by atoms with Gasteiger partial charge in [0.15, 0.2) is 11.5 Å². The largest absolute Gasteiger partial charge is 0.490 e. The van der Waals surface area contributed by atoms with Crippen LogP contribution in [0.3, 0.4) is 0 Å². The number of alkyl halides is 3. The molecule has 1 aromatic rings. The Morgan fingerprint density at radius 1 is 1.00 bits per heavy atom. The van der Waals surface area contributed by atoms with Crippen LogP contribution in [-0.2, 0) is 11.6 Å². The lowest BCUT2D eigenvalue weighted by molar-refractivity contribution is -0.138. The average molecular weight is 315 g/mol. The quantitative estimate of drug-likeness (QED) is 0.906. The predicted octanol–water partition coefficient (Wildman–Crippen LogP) is 3.64. The Labute approximate surface area is 127 Å². The van der Waals surface area contributed by atoms with E-state index in [0.717, 1.165) is 18.9 Å². The molecule has 22 heavy (non-hydrogen) atoms. The summed E-state index contributed by atoms with van der Waals surface area (Å²) in [7, 11) is 0. The minimum Gasteiger partial charge on any atom is -0.490 e. The van der Waals surface area contributed by atoms with Gasteiger partial charge in [0.25, 0.3) is 0 Å². The minimum atomic E-state index is -4.43. The maximum Gasteiger partial charge on any atom is 0.416 e. The highest BCUT2D eigenvalue weighted by atomic mass is 19.4. The lowest BCUT2D eigenvalue weighted by Crippen LogP contribution is -2.34. The molecule has 0 atom stereocenters. The van der Waals surface area contributed by atoms with E-state index in [1.54, 1.807) is 0 Å². The lowest BCUT2D eigenvalue weighted by atomic mass is 9.76. The molecule has 0 bridgehead atoms. The molecule has 0 unspecified atom stereocenters. The van der Waals surface area contributed by atoms with Crippen molar-refractivity contribution in [2.75, 3.05) is 19.8 Å². The number of benzene rings is 1. The second-order valence-corrected chi connectivity index (χ2v) is 6.08. The molecule has 6 heteroatoms. The van der Waals surface area contributed by atoms with E-state index in [-0.39, 0.29) is 17.9 Å². The number of nitrogens with two attached hydrogens (primary N) is 1. The first-order chi connectivity index (χ1) is 10.5. The summed E-state index contributed by atoms with van der Waals surface area (Å²) in [5, 5.41) is 0. The van der Waals surface area contributed by atoms with E-state index in [1.165, 1.54) is 6.07 Å². The molecule has 1 aromatic carbocycles. The van der Waals surface area contributed by atoms with E-state index in [2.05, 4.69) is 0 Å². The Hall–Kier alpha value is -1.43. The zero-order valence-electron chi connectivity index (χ0n) is 12.3. The molecular formula is C16H20F3NO2. The molecule has 3 nitrogen and oxygen atoms in total. The zero-order valence-corrected chi connectivity index (χ0v) is 12.3. The summed E-state index contributed by atoms with van der Waals surface area (Å²) >= 11 is 0. The van der Waals surface area contributed by atoms with Gasteiger partial charge in [0, 0.05) is 18.4 Å². The summed E-state index contributed by atoms with van der Waals surface area (Å²) in [4.78, 5) is 0. The highest BCUT2D eigenvalue weighted by Crippen LogP contribution is 2.49. The molecule has 0 amide bonds. The fraction of sp³-hybridized carbons (Fsp3) is 0.625. The molecule has 0 spiro atoms. The Morgan fingerprint density at radius 2 is 1.59 bits per heavy atom. The van der Waals surface area contributed by atoms with Gasteiger partial charge in [-0.25, -0.2) is 0 Å². The Morgan fingerprint density at radius 3 is 2.14 bits per heavy atom. The summed E-state index contributed by atoms with van der Waals surface area (Å²) in [5.74, 6) is 0.582. The van der Waals surface area contributed by atoms with Crippen molar-refractivity contribution < 1.29 is 22.6 Å². The maximum atomic E-state index is 13.5. The molecule has 3 rings (SSSR count). The minimum absolute atomic E-state index is 0.179. The highest BCUT2D eigenvalue weighted by Gasteiger charge is 2.43. The van der Waals surface area contributed by atoms with E-state index in [1.807, 2.05) is 0 Å². The second kappa shape index (κ2) is 5.65. The molecule has 1 aliphatic carbocycles. The van der Waals surface area contributed by atoms with E-state index >= 15 is 0 Å². The van der Waals surface area contributed by atoms with Gasteiger partial charge in [0.2, 0.25) is 0 Å². The van der Waals surface area contributed by atoms with Gasteiger partial charge in [-0.15, -0.1) is 0 Å². The Bertz CT molecular complexity index is 551. The van der Waals surface area contributed by atoms with E-state index in [9.17, 15) is 13.2 Å². The molecule has 122 valence electrons. The van der Waals surface area contributed by atoms with Gasteiger partial charge in [-0.3, -0.25) is 0 Å². The molecule has 1 saturated carbocycles. The summed E-state index contributed by atoms with van der Waals surface area (Å²) in [6, 6.07) is 2.60. The number of hydrogen-bond acceptors (Lipinski definition) is 3. The van der Waals surface area contributed by atoms with Crippen molar-refractivity contribution in [2.24, 2.45) is 5.73 Å². The van der Waals surface area contributed by atoms with Crippen LogP contribution < -0.4 is 15.2 Å². The number of fused-ring (bicyclic) bond motifs is 1. The van der Waals surface area contributed by atoms with Crippen LogP contribution in [0.15, 0.2) is 12.1 Å². The van der Waals surface area contributed by atoms with Gasteiger partial charge in [0.05, 0.1) is 18.8 Å². The third-order valence-corrected chi connectivity index (χ3v) is 4.72. The van der Waals surface area contributed by atoms with Crippen molar-refractivity contribution in [3.63, 3.8) is 0 Å². The summed E-state index contributed by atoms with van der Waals surface area (Å²) in [6.07, 6.45) is -0.581. The third-order valence-electron chi connectivity index (χ3n) is 4.72. The van der Waals surface area contributed by atoms with Crippen molar-refractivity contribution >= 4 is 0 Å². The van der Waals surface area contributed by atoms with Crippen LogP contribution in [0.4, 0.5) is 13.2 Å². The number of halogens is 3. The van der Waals surface area contributed by atoms with Crippen molar-refractivity contribution in [3.05, 3.63) is 23.3 Å². The molecule has 1 aliphatic heterocycles. The first-order valence-corrected chi connectivity index (χ1v) is 7.68. The summed E-state index contributed by atoms with van der Waals surface area (Å²) < 4.78 is 51.6. The second-order valence-electron chi connectivity index (χ2n) is 6.08. The average Bonchev–Trinajstić information content (AvgIpc) is 2.85. The molecule has 0 saturated heterocycles. The fourth-order valence-corrected chi connectivity index (χ4v) is 3.52. The van der Waals surface area contributed by atoms with E-state index in [0.29, 0.717) is 38.2 Å². The molecule has 1 heterocycles. The third kappa shape index (κ3) is 2.64. The van der Waals surface area contributed by atoms with Crippen LogP contribution in [-0.4, -0.2) is 19.8 Å². The van der Waals surface area contributed by atoms with Crippen LogP contribution in [0.25, 0.3) is 0 Å². The van der Waals surface area contributed by atoms with Crippen LogP contribution in [0.1, 0.15) is 43.2 Å². The van der Waals surface area contributed by atoms with E-state index < -0.39 is 17.2 Å². The molecular weight excluding hydrogens is 295 g/mol. The summed E-state index contributed by atoms with van der Waals surface area (Å²) in [6.45, 7) is 1.04. The Kier molecular flexibility index (Phi) is 3.97. The van der Waals surface area contributed by atoms with Crippen LogP contribution in [0.2, 0.25) is 0 Å². The zero-order chi connectivity index (χ0) is 15.8. The van der Waals surface area contributed by atoms with Gasteiger partial charge in [-0.1, -0.05) is 12.8 Å². The SMILES string of the molecule is NCC1(c2cc3c(cc2C(F)(F)F)OCCCO3)CCCC1. The van der Waals surface area contributed by atoms with Gasteiger partial charge < -0.3 is 15.2 Å². The van der Waals surface area contributed by atoms with Gasteiger partial charge in [0.1, 0.15) is 0 Å². The first kappa shape index (κ1) is 15.5. The summed E-state index contributed by atoms with van der Waals surface area (Å²) in [5.41, 5.74) is 4.91. The predicted molar refractivity (Wildman–Crippen MR) is 76.3 cm³/mol. The molecule has 2 aliphatic rings. The molecule has 2 N–H and O–H groups in total. The van der Waals surface area contributed by atoms with Gasteiger partial charge >= 0.3 is 6.18 Å². The highest BCUT2D eigenvalue weighted by molar-refractivity contribution is 5.52. The normalized spacial score (nSPS) is 20.7. The van der Waals surface area contributed by atoms with Gasteiger partial charge in [-0.05, 0) is 30.5 Å². The Balaban J connectivity index is 2.16. The topological polar surface area (TPSA) is 44.5 Å².